The number of rotatable bonds is 8. The molecule has 2 N–H and O–H groups in total. The van der Waals surface area contributed by atoms with Gasteiger partial charge in [-0.3, -0.25) is 4.79 Å². The maximum absolute atomic E-state index is 12.1. The summed E-state index contributed by atoms with van der Waals surface area (Å²) in [7, 11) is 0. The van der Waals surface area contributed by atoms with Crippen LogP contribution in [0.5, 0.6) is 0 Å². The van der Waals surface area contributed by atoms with E-state index in [9.17, 15) is 4.79 Å². The van der Waals surface area contributed by atoms with Crippen LogP contribution < -0.4 is 5.73 Å². The number of Topliss-reactive ketones (excluding diaryl/α,β-unsaturated/α-hetero) is 1. The number of unbranched alkanes of at least 4 members (excludes halogenated alkanes) is 3. The van der Waals surface area contributed by atoms with E-state index < -0.39 is 0 Å². The van der Waals surface area contributed by atoms with Gasteiger partial charge in [0.05, 0.1) is 0 Å². The zero-order valence-electron chi connectivity index (χ0n) is 11.7. The zero-order chi connectivity index (χ0) is 13.5. The molecule has 0 radical (unpaired) electrons. The van der Waals surface area contributed by atoms with Crippen LogP contribution in [0, 0.1) is 0 Å². The predicted octanol–water partition coefficient (Wildman–Crippen LogP) is 4.05. The van der Waals surface area contributed by atoms with E-state index in [4.69, 9.17) is 5.73 Å². The van der Waals surface area contributed by atoms with Crippen LogP contribution in [-0.4, -0.2) is 12.3 Å². The highest BCUT2D eigenvalue weighted by Crippen LogP contribution is 2.36. The van der Waals surface area contributed by atoms with Crippen molar-refractivity contribution in [3.8, 4) is 0 Å². The second-order valence-electron chi connectivity index (χ2n) is 5.63. The zero-order valence-corrected chi connectivity index (χ0v) is 11.7. The lowest BCUT2D eigenvalue weighted by atomic mass is 9.79. The fraction of sp³-hybridized carbons (Fsp3) is 0.588. The summed E-state index contributed by atoms with van der Waals surface area (Å²) in [6, 6.07) is 8.29. The Labute approximate surface area is 116 Å². The molecule has 1 aliphatic rings. The topological polar surface area (TPSA) is 43.1 Å². The van der Waals surface area contributed by atoms with Gasteiger partial charge in [0, 0.05) is 12.0 Å². The molecule has 1 fully saturated rings. The van der Waals surface area contributed by atoms with Crippen LogP contribution in [-0.2, 0) is 0 Å². The predicted molar refractivity (Wildman–Crippen MR) is 79.5 cm³/mol. The molecule has 2 nitrogen and oxygen atoms in total. The number of nitrogens with two attached hydrogens (primary N) is 1. The number of hydrogen-bond donors (Lipinski definition) is 1. The monoisotopic (exact) mass is 259 g/mol. The number of hydrogen-bond acceptors (Lipinski definition) is 2. The molecule has 19 heavy (non-hydrogen) atoms. The lowest BCUT2D eigenvalue weighted by Crippen LogP contribution is -2.09. The molecule has 0 atom stereocenters. The molecule has 0 bridgehead atoms. The fourth-order valence-corrected chi connectivity index (χ4v) is 2.64. The Kier molecular flexibility index (Phi) is 5.59. The molecule has 0 saturated heterocycles. The third-order valence-electron chi connectivity index (χ3n) is 4.14. The van der Waals surface area contributed by atoms with E-state index >= 15 is 0 Å². The van der Waals surface area contributed by atoms with Crippen molar-refractivity contribution in [3.63, 3.8) is 0 Å². The van der Waals surface area contributed by atoms with E-state index in [1.807, 2.05) is 12.1 Å². The largest absolute Gasteiger partial charge is 0.330 e. The summed E-state index contributed by atoms with van der Waals surface area (Å²) < 4.78 is 0. The molecule has 1 aliphatic carbocycles. The Hall–Kier alpha value is -1.15. The molecular weight excluding hydrogens is 234 g/mol. The smallest absolute Gasteiger partial charge is 0.162 e. The van der Waals surface area contributed by atoms with Gasteiger partial charge in [-0.05, 0) is 49.8 Å². The normalized spacial score (nSPS) is 15.2. The highest BCUT2D eigenvalue weighted by Gasteiger charge is 2.20. The number of ketones is 1. The van der Waals surface area contributed by atoms with E-state index in [1.165, 1.54) is 24.8 Å². The summed E-state index contributed by atoms with van der Waals surface area (Å²) >= 11 is 0. The summed E-state index contributed by atoms with van der Waals surface area (Å²) in [5.41, 5.74) is 7.73. The molecule has 1 aromatic carbocycles. The van der Waals surface area contributed by atoms with Gasteiger partial charge in [-0.2, -0.15) is 0 Å². The summed E-state index contributed by atoms with van der Waals surface area (Å²) in [5, 5.41) is 0. The third-order valence-corrected chi connectivity index (χ3v) is 4.14. The molecule has 0 aliphatic heterocycles. The van der Waals surface area contributed by atoms with Crippen LogP contribution in [0.15, 0.2) is 24.3 Å². The third kappa shape index (κ3) is 4.17. The van der Waals surface area contributed by atoms with Crippen molar-refractivity contribution in [2.24, 2.45) is 5.73 Å². The maximum Gasteiger partial charge on any atom is 0.162 e. The first-order valence-corrected chi connectivity index (χ1v) is 7.64. The Bertz CT molecular complexity index is 409. The second kappa shape index (κ2) is 7.44. The van der Waals surface area contributed by atoms with Crippen molar-refractivity contribution in [2.75, 3.05) is 6.54 Å². The van der Waals surface area contributed by atoms with Crippen molar-refractivity contribution in [2.45, 2.75) is 57.3 Å². The molecule has 1 aromatic rings. The summed E-state index contributed by atoms with van der Waals surface area (Å²) in [4.78, 5) is 12.1. The van der Waals surface area contributed by atoms with Gasteiger partial charge < -0.3 is 5.73 Å². The summed E-state index contributed by atoms with van der Waals surface area (Å²) in [6.45, 7) is 0.761. The van der Waals surface area contributed by atoms with E-state index in [0.29, 0.717) is 18.1 Å². The van der Waals surface area contributed by atoms with Crippen molar-refractivity contribution in [1.29, 1.82) is 0 Å². The van der Waals surface area contributed by atoms with Gasteiger partial charge in [0.2, 0.25) is 0 Å². The Morgan fingerprint density at radius 3 is 2.63 bits per heavy atom. The van der Waals surface area contributed by atoms with Crippen molar-refractivity contribution in [3.05, 3.63) is 35.4 Å². The Morgan fingerprint density at radius 1 is 1.16 bits per heavy atom. The van der Waals surface area contributed by atoms with Gasteiger partial charge in [0.1, 0.15) is 0 Å². The molecule has 0 spiro atoms. The van der Waals surface area contributed by atoms with E-state index in [0.717, 1.165) is 37.8 Å². The minimum absolute atomic E-state index is 0.300. The van der Waals surface area contributed by atoms with Gasteiger partial charge in [0.25, 0.3) is 0 Å². The minimum atomic E-state index is 0.300. The Morgan fingerprint density at radius 2 is 1.95 bits per heavy atom. The lowest BCUT2D eigenvalue weighted by Gasteiger charge is -2.26. The maximum atomic E-state index is 12.1. The highest BCUT2D eigenvalue weighted by atomic mass is 16.1. The van der Waals surface area contributed by atoms with Gasteiger partial charge >= 0.3 is 0 Å². The molecule has 2 rings (SSSR count). The molecule has 0 aromatic heterocycles. The summed E-state index contributed by atoms with van der Waals surface area (Å²) in [5.74, 6) is 1.01. The van der Waals surface area contributed by atoms with Crippen LogP contribution >= 0.6 is 0 Å². The van der Waals surface area contributed by atoms with Gasteiger partial charge in [-0.25, -0.2) is 0 Å². The van der Waals surface area contributed by atoms with Crippen molar-refractivity contribution >= 4 is 5.78 Å². The van der Waals surface area contributed by atoms with Gasteiger partial charge in [-0.1, -0.05) is 37.5 Å². The number of carbonyl (C=O) groups is 1. The van der Waals surface area contributed by atoms with Crippen LogP contribution in [0.1, 0.15) is 73.2 Å². The molecule has 2 heteroatoms. The van der Waals surface area contributed by atoms with Gasteiger partial charge in [-0.15, -0.1) is 0 Å². The number of benzene rings is 1. The van der Waals surface area contributed by atoms with Crippen LogP contribution in [0.25, 0.3) is 0 Å². The van der Waals surface area contributed by atoms with Crippen LogP contribution in [0.3, 0.4) is 0 Å². The lowest BCUT2D eigenvalue weighted by molar-refractivity contribution is 0.0979. The minimum Gasteiger partial charge on any atom is -0.330 e. The van der Waals surface area contributed by atoms with Crippen LogP contribution in [0.2, 0.25) is 0 Å². The molecular formula is C17H25NO. The van der Waals surface area contributed by atoms with Crippen LogP contribution in [0.4, 0.5) is 0 Å². The van der Waals surface area contributed by atoms with Gasteiger partial charge in [0.15, 0.2) is 5.78 Å². The first-order valence-electron chi connectivity index (χ1n) is 7.64. The summed E-state index contributed by atoms with van der Waals surface area (Å²) in [6.07, 6.45) is 8.92. The highest BCUT2D eigenvalue weighted by molar-refractivity contribution is 5.96. The second-order valence-corrected chi connectivity index (χ2v) is 5.63. The first-order chi connectivity index (χ1) is 9.31. The number of carbonyl (C=O) groups excluding carboxylic acids is 1. The van der Waals surface area contributed by atoms with E-state index in [2.05, 4.69) is 12.1 Å². The molecule has 1 saturated carbocycles. The molecule has 104 valence electrons. The molecule has 0 amide bonds. The van der Waals surface area contributed by atoms with Crippen molar-refractivity contribution < 1.29 is 4.79 Å². The first kappa shape index (κ1) is 14.3. The SMILES string of the molecule is NCCCCCCC(=O)c1cccc(C2CCC2)c1. The van der Waals surface area contributed by atoms with E-state index in [1.54, 1.807) is 0 Å². The quantitative estimate of drug-likeness (QED) is 0.565. The molecule has 0 heterocycles. The average molecular weight is 259 g/mol. The molecule has 0 unspecified atom stereocenters. The standard InChI is InChI=1S/C17H25NO/c18-12-4-2-1-3-11-17(19)16-10-6-9-15(13-16)14-7-5-8-14/h6,9-10,13-14H,1-5,7-8,11-12,18H2. The van der Waals surface area contributed by atoms with E-state index in [-0.39, 0.29) is 0 Å². The fourth-order valence-electron chi connectivity index (χ4n) is 2.64. The van der Waals surface area contributed by atoms with Crippen molar-refractivity contribution in [1.82, 2.24) is 0 Å². The average Bonchev–Trinajstić information content (AvgIpc) is 2.36. The Balaban J connectivity index is 1.81.